The van der Waals surface area contributed by atoms with Gasteiger partial charge in [-0.1, -0.05) is 0 Å². The summed E-state index contributed by atoms with van der Waals surface area (Å²) in [6, 6.07) is 0. The van der Waals surface area contributed by atoms with Gasteiger partial charge in [0.2, 0.25) is 0 Å². The van der Waals surface area contributed by atoms with Crippen LogP contribution in [0.2, 0.25) is 0 Å². The molecule has 0 radical (unpaired) electrons. The molecule has 0 unspecified atom stereocenters. The van der Waals surface area contributed by atoms with Crippen LogP contribution in [0, 0.1) is 6.92 Å². The molecule has 1 N–H and O–H groups in total. The average Bonchev–Trinajstić information content (AvgIpc) is 2.97. The van der Waals surface area contributed by atoms with Gasteiger partial charge in [0.15, 0.2) is 4.34 Å². The number of hydrogen-bond donors (Lipinski definition) is 1. The second-order valence-corrected chi connectivity index (χ2v) is 6.94. The van der Waals surface area contributed by atoms with Crippen LogP contribution < -0.4 is 0 Å². The molecule has 0 saturated heterocycles. The van der Waals surface area contributed by atoms with Crippen molar-refractivity contribution in [3.05, 3.63) is 28.2 Å². The first-order valence-corrected chi connectivity index (χ1v) is 7.95. The summed E-state index contributed by atoms with van der Waals surface area (Å²) in [5, 5.41) is 9.83. The topological polar surface area (TPSA) is 76.0 Å². The van der Waals surface area contributed by atoms with Crippen LogP contribution in [0.25, 0.3) is 0 Å². The molecule has 1 aliphatic rings. The predicted molar refractivity (Wildman–Crippen MR) is 76.4 cm³/mol. The van der Waals surface area contributed by atoms with Crippen LogP contribution in [0.15, 0.2) is 15.7 Å². The molecule has 3 rings (SSSR count). The molecule has 0 aromatic carbocycles. The van der Waals surface area contributed by atoms with Crippen molar-refractivity contribution in [3.8, 4) is 0 Å². The number of carboxylic acid groups (broad SMARTS) is 1. The minimum absolute atomic E-state index is 0.0337. The summed E-state index contributed by atoms with van der Waals surface area (Å²) in [7, 11) is 0. The zero-order valence-electron chi connectivity index (χ0n) is 10.9. The van der Waals surface area contributed by atoms with E-state index in [0.717, 1.165) is 44.9 Å². The summed E-state index contributed by atoms with van der Waals surface area (Å²) < 4.78 is 0.853. The van der Waals surface area contributed by atoms with Gasteiger partial charge in [0.1, 0.15) is 11.4 Å². The van der Waals surface area contributed by atoms with E-state index < -0.39 is 5.97 Å². The van der Waals surface area contributed by atoms with Crippen molar-refractivity contribution >= 4 is 29.1 Å². The van der Waals surface area contributed by atoms with Gasteiger partial charge in [-0.05, 0) is 37.9 Å². The van der Waals surface area contributed by atoms with E-state index in [1.54, 1.807) is 6.33 Å². The summed E-state index contributed by atoms with van der Waals surface area (Å²) >= 11 is 2.96. The highest BCUT2D eigenvalue weighted by Gasteiger charge is 2.19. The van der Waals surface area contributed by atoms with Crippen molar-refractivity contribution < 1.29 is 9.90 Å². The van der Waals surface area contributed by atoms with E-state index in [1.165, 1.54) is 28.7 Å². The Morgan fingerprint density at radius 1 is 1.45 bits per heavy atom. The molecule has 20 heavy (non-hydrogen) atoms. The molecule has 5 nitrogen and oxygen atoms in total. The van der Waals surface area contributed by atoms with Crippen LogP contribution in [-0.4, -0.2) is 26.0 Å². The van der Waals surface area contributed by atoms with Crippen LogP contribution in [0.3, 0.4) is 0 Å². The van der Waals surface area contributed by atoms with Crippen molar-refractivity contribution in [3.63, 3.8) is 0 Å². The van der Waals surface area contributed by atoms with Gasteiger partial charge < -0.3 is 5.11 Å². The molecule has 7 heteroatoms. The third-order valence-electron chi connectivity index (χ3n) is 3.20. The molecular formula is C13H13N3O2S2. The monoisotopic (exact) mass is 307 g/mol. The molecule has 0 bridgehead atoms. The number of nitrogens with zero attached hydrogens (tertiary/aromatic N) is 3. The Morgan fingerprint density at radius 3 is 3.10 bits per heavy atom. The van der Waals surface area contributed by atoms with Gasteiger partial charge in [0, 0.05) is 16.1 Å². The fourth-order valence-electron chi connectivity index (χ4n) is 2.25. The first kappa shape index (κ1) is 13.5. The highest BCUT2D eigenvalue weighted by Crippen LogP contribution is 2.36. The molecule has 2 aromatic heterocycles. The summed E-state index contributed by atoms with van der Waals surface area (Å²) in [6.07, 6.45) is 4.80. The van der Waals surface area contributed by atoms with Gasteiger partial charge in [-0.25, -0.2) is 15.0 Å². The number of rotatable bonds is 4. The van der Waals surface area contributed by atoms with Crippen LogP contribution in [0.5, 0.6) is 0 Å². The largest absolute Gasteiger partial charge is 0.481 e. The van der Waals surface area contributed by atoms with Gasteiger partial charge in [-0.3, -0.25) is 4.79 Å². The number of aryl methyl sites for hydroxylation is 2. The Morgan fingerprint density at radius 2 is 2.30 bits per heavy atom. The Bertz CT molecular complexity index is 670. The molecule has 1 aliphatic carbocycles. The van der Waals surface area contributed by atoms with Crippen LogP contribution in [0.4, 0.5) is 0 Å². The number of carbonyl (C=O) groups is 1. The van der Waals surface area contributed by atoms with E-state index in [0.29, 0.717) is 0 Å². The minimum Gasteiger partial charge on any atom is -0.481 e. The maximum Gasteiger partial charge on any atom is 0.308 e. The minimum atomic E-state index is -0.823. The van der Waals surface area contributed by atoms with Crippen LogP contribution in [-0.2, 0) is 24.1 Å². The van der Waals surface area contributed by atoms with Gasteiger partial charge in [0.25, 0.3) is 0 Å². The quantitative estimate of drug-likeness (QED) is 0.875. The van der Waals surface area contributed by atoms with Crippen molar-refractivity contribution in [2.75, 3.05) is 0 Å². The lowest BCUT2D eigenvalue weighted by Crippen LogP contribution is -1.99. The van der Waals surface area contributed by atoms with Crippen molar-refractivity contribution in [2.45, 2.75) is 42.0 Å². The number of hydrogen-bond acceptors (Lipinski definition) is 6. The van der Waals surface area contributed by atoms with E-state index in [2.05, 4.69) is 15.0 Å². The molecule has 2 heterocycles. The number of aliphatic carboxylic acids is 1. The number of aromatic nitrogens is 3. The Kier molecular flexibility index (Phi) is 3.71. The molecule has 0 fully saturated rings. The zero-order valence-corrected chi connectivity index (χ0v) is 12.6. The summed E-state index contributed by atoms with van der Waals surface area (Å²) in [5.74, 6) is -0.823. The van der Waals surface area contributed by atoms with E-state index in [9.17, 15) is 4.79 Å². The molecule has 0 saturated carbocycles. The Balaban J connectivity index is 1.85. The zero-order chi connectivity index (χ0) is 14.1. The SMILES string of the molecule is Cc1nc(Sc2ncnc3c2CCC3)sc1CC(=O)O. The fraction of sp³-hybridized carbons (Fsp3) is 0.385. The van der Waals surface area contributed by atoms with Crippen LogP contribution >= 0.6 is 23.1 Å². The van der Waals surface area contributed by atoms with E-state index >= 15 is 0 Å². The summed E-state index contributed by atoms with van der Waals surface area (Å²) in [5.41, 5.74) is 3.16. The molecule has 104 valence electrons. The second-order valence-electron chi connectivity index (χ2n) is 4.62. The second kappa shape index (κ2) is 5.49. The van der Waals surface area contributed by atoms with Crippen molar-refractivity contribution in [1.82, 2.24) is 15.0 Å². The van der Waals surface area contributed by atoms with Gasteiger partial charge in [-0.2, -0.15) is 0 Å². The molecule has 2 aromatic rings. The van der Waals surface area contributed by atoms with E-state index in [1.807, 2.05) is 6.92 Å². The molecule has 0 spiro atoms. The fourth-order valence-corrected chi connectivity index (χ4v) is 4.53. The average molecular weight is 307 g/mol. The van der Waals surface area contributed by atoms with Gasteiger partial charge in [-0.15, -0.1) is 11.3 Å². The first-order chi connectivity index (χ1) is 9.63. The van der Waals surface area contributed by atoms with E-state index in [4.69, 9.17) is 5.11 Å². The lowest BCUT2D eigenvalue weighted by Gasteiger charge is -2.03. The smallest absolute Gasteiger partial charge is 0.308 e. The Hall–Kier alpha value is -1.47. The standard InChI is InChI=1S/C13H13N3O2S2/c1-7-10(5-11(17)18)19-13(16-7)20-12-8-3-2-4-9(8)14-6-15-12/h6H,2-5H2,1H3,(H,17,18). The highest BCUT2D eigenvalue weighted by molar-refractivity contribution is 8.01. The van der Waals surface area contributed by atoms with Crippen LogP contribution in [0.1, 0.15) is 28.2 Å². The predicted octanol–water partition coefficient (Wildman–Crippen LogP) is 2.51. The molecular weight excluding hydrogens is 294 g/mol. The summed E-state index contributed by atoms with van der Waals surface area (Å²) in [4.78, 5) is 24.7. The third kappa shape index (κ3) is 2.69. The third-order valence-corrected chi connectivity index (χ3v) is 5.47. The lowest BCUT2D eigenvalue weighted by molar-refractivity contribution is -0.136. The maximum absolute atomic E-state index is 10.8. The number of carboxylic acids is 1. The highest BCUT2D eigenvalue weighted by atomic mass is 32.2. The van der Waals surface area contributed by atoms with Gasteiger partial charge >= 0.3 is 5.97 Å². The molecule has 0 amide bonds. The maximum atomic E-state index is 10.8. The van der Waals surface area contributed by atoms with E-state index in [-0.39, 0.29) is 6.42 Å². The van der Waals surface area contributed by atoms with Crippen molar-refractivity contribution in [2.24, 2.45) is 0 Å². The van der Waals surface area contributed by atoms with Gasteiger partial charge in [0.05, 0.1) is 12.1 Å². The normalized spacial score (nSPS) is 13.4. The first-order valence-electron chi connectivity index (χ1n) is 6.32. The number of thiazole rings is 1. The summed E-state index contributed by atoms with van der Waals surface area (Å²) in [6.45, 7) is 1.85. The Labute approximate surface area is 124 Å². The lowest BCUT2D eigenvalue weighted by atomic mass is 10.3. The van der Waals surface area contributed by atoms with Crippen molar-refractivity contribution in [1.29, 1.82) is 0 Å². The molecule has 0 atom stereocenters. The molecule has 0 aliphatic heterocycles. The number of fused-ring (bicyclic) bond motifs is 1.